The third-order valence-electron chi connectivity index (χ3n) is 3.40. The van der Waals surface area contributed by atoms with Crippen LogP contribution in [-0.4, -0.2) is 59.6 Å². The Labute approximate surface area is 132 Å². The van der Waals surface area contributed by atoms with Crippen molar-refractivity contribution in [3.63, 3.8) is 0 Å². The number of hydrogen-bond donors (Lipinski definition) is 3. The van der Waals surface area contributed by atoms with Gasteiger partial charge >= 0.3 is 6.03 Å². The number of carbonyl (C=O) groups excluding carboxylic acids is 1. The van der Waals surface area contributed by atoms with Gasteiger partial charge in [-0.1, -0.05) is 13.8 Å². The first-order valence-electron chi connectivity index (χ1n) is 7.66. The molecule has 3 N–H and O–H groups in total. The lowest BCUT2D eigenvalue weighted by atomic mass is 9.89. The third kappa shape index (κ3) is 7.42. The monoisotopic (exact) mass is 311 g/mol. The van der Waals surface area contributed by atoms with Crippen LogP contribution in [0.1, 0.15) is 26.7 Å². The lowest BCUT2D eigenvalue weighted by Crippen LogP contribution is -2.30. The first-order chi connectivity index (χ1) is 10.3. The molecule has 0 unspecified atom stereocenters. The summed E-state index contributed by atoms with van der Waals surface area (Å²) in [6.45, 7) is 6.43. The molecular weight excluding hydrogens is 282 g/mol. The fraction of sp³-hybridized carbons (Fsp3) is 0.733. The average molecular weight is 311 g/mol. The number of likely N-dealkylation sites (N-methyl/N-ethyl adjacent to an activating group) is 1. The number of nitrogens with one attached hydrogen (secondary N) is 2. The van der Waals surface area contributed by atoms with Crippen molar-refractivity contribution in [2.75, 3.05) is 39.1 Å². The zero-order valence-corrected chi connectivity index (χ0v) is 14.1. The van der Waals surface area contributed by atoms with E-state index >= 15 is 0 Å². The molecule has 0 spiro atoms. The molecule has 1 aromatic heterocycles. The van der Waals surface area contributed by atoms with Crippen LogP contribution in [-0.2, 0) is 6.54 Å². The van der Waals surface area contributed by atoms with E-state index in [9.17, 15) is 4.79 Å². The second-order valence-electron chi connectivity index (χ2n) is 6.57. The number of amides is 2. The van der Waals surface area contributed by atoms with Crippen LogP contribution in [0.5, 0.6) is 0 Å². The molecule has 22 heavy (non-hydrogen) atoms. The van der Waals surface area contributed by atoms with Crippen LogP contribution in [0, 0.1) is 5.41 Å². The second kappa shape index (κ2) is 8.75. The van der Waals surface area contributed by atoms with Gasteiger partial charge < -0.3 is 15.3 Å². The van der Waals surface area contributed by atoms with Crippen molar-refractivity contribution in [1.82, 2.24) is 20.0 Å². The molecule has 7 heteroatoms. The molecule has 0 fully saturated rings. The summed E-state index contributed by atoms with van der Waals surface area (Å²) < 4.78 is 1.80. The number of nitrogens with zero attached hydrogens (tertiary/aromatic N) is 3. The Hall–Kier alpha value is -1.60. The molecule has 0 saturated heterocycles. The van der Waals surface area contributed by atoms with Crippen LogP contribution in [0.15, 0.2) is 12.3 Å². The van der Waals surface area contributed by atoms with Gasteiger partial charge in [-0.25, -0.2) is 4.79 Å². The topological polar surface area (TPSA) is 82.4 Å². The third-order valence-corrected chi connectivity index (χ3v) is 3.40. The van der Waals surface area contributed by atoms with Crippen LogP contribution in [0.4, 0.5) is 10.6 Å². The molecular formula is C15H29N5O2. The number of aromatic nitrogens is 2. The minimum Gasteiger partial charge on any atom is -0.396 e. The molecule has 0 bridgehead atoms. The van der Waals surface area contributed by atoms with Gasteiger partial charge in [0.25, 0.3) is 0 Å². The maximum atomic E-state index is 11.8. The summed E-state index contributed by atoms with van der Waals surface area (Å²) in [5.74, 6) is 0.548. The number of rotatable bonds is 9. The number of hydrogen-bond acceptors (Lipinski definition) is 4. The molecule has 0 saturated carbocycles. The normalized spacial score (nSPS) is 11.7. The molecule has 0 radical (unpaired) electrons. The highest BCUT2D eigenvalue weighted by Gasteiger charge is 2.15. The summed E-state index contributed by atoms with van der Waals surface area (Å²) in [4.78, 5) is 13.8. The molecule has 0 aromatic carbocycles. The van der Waals surface area contributed by atoms with Crippen LogP contribution in [0.3, 0.4) is 0 Å². The van der Waals surface area contributed by atoms with Crippen LogP contribution in [0.2, 0.25) is 0 Å². The Bertz CT molecular complexity index is 457. The molecule has 0 atom stereocenters. The predicted octanol–water partition coefficient (Wildman–Crippen LogP) is 1.36. The van der Waals surface area contributed by atoms with Crippen molar-refractivity contribution in [2.24, 2.45) is 5.41 Å². The Balaban J connectivity index is 2.25. The fourth-order valence-corrected chi connectivity index (χ4v) is 1.86. The van der Waals surface area contributed by atoms with Gasteiger partial charge in [0.05, 0.1) is 6.54 Å². The molecule has 0 aliphatic heterocycles. The Morgan fingerprint density at radius 2 is 2.18 bits per heavy atom. The second-order valence-corrected chi connectivity index (χ2v) is 6.57. The zero-order chi connectivity index (χ0) is 16.6. The van der Waals surface area contributed by atoms with Crippen molar-refractivity contribution in [3.05, 3.63) is 12.3 Å². The van der Waals surface area contributed by atoms with Gasteiger partial charge in [-0.15, -0.1) is 0 Å². The van der Waals surface area contributed by atoms with E-state index in [1.54, 1.807) is 10.7 Å². The van der Waals surface area contributed by atoms with Crippen LogP contribution in [0.25, 0.3) is 0 Å². The fourth-order valence-electron chi connectivity index (χ4n) is 1.86. The van der Waals surface area contributed by atoms with E-state index < -0.39 is 0 Å². The zero-order valence-electron chi connectivity index (χ0n) is 14.1. The molecule has 2 amide bonds. The number of urea groups is 1. The number of anilines is 1. The van der Waals surface area contributed by atoms with E-state index in [2.05, 4.69) is 20.6 Å². The SMILES string of the molecule is CN(C)CCn1ccc(NC(=O)NCCCC(C)(C)CO)n1. The molecule has 1 aromatic rings. The lowest BCUT2D eigenvalue weighted by Gasteiger charge is -2.21. The van der Waals surface area contributed by atoms with E-state index in [-0.39, 0.29) is 18.1 Å². The largest absolute Gasteiger partial charge is 0.396 e. The molecule has 7 nitrogen and oxygen atoms in total. The van der Waals surface area contributed by atoms with Crippen molar-refractivity contribution >= 4 is 11.8 Å². The standard InChI is InChI=1S/C15H29N5O2/c1-15(2,12-21)7-5-8-16-14(22)17-13-6-9-20(18-13)11-10-19(3)4/h6,9,21H,5,7-8,10-12H2,1-4H3,(H2,16,17,18,22). The predicted molar refractivity (Wildman–Crippen MR) is 87.9 cm³/mol. The van der Waals surface area contributed by atoms with Crippen molar-refractivity contribution in [3.8, 4) is 0 Å². The lowest BCUT2D eigenvalue weighted by molar-refractivity contribution is 0.148. The molecule has 0 aliphatic carbocycles. The van der Waals surface area contributed by atoms with Crippen LogP contribution >= 0.6 is 0 Å². The van der Waals surface area contributed by atoms with E-state index in [0.29, 0.717) is 12.4 Å². The maximum Gasteiger partial charge on any atom is 0.320 e. The number of aliphatic hydroxyl groups excluding tert-OH is 1. The molecule has 126 valence electrons. The van der Waals surface area contributed by atoms with Gasteiger partial charge in [-0.3, -0.25) is 10.00 Å². The maximum absolute atomic E-state index is 11.8. The average Bonchev–Trinajstić information content (AvgIpc) is 2.89. The first-order valence-corrected chi connectivity index (χ1v) is 7.66. The van der Waals surface area contributed by atoms with E-state index in [1.165, 1.54) is 0 Å². The Kier molecular flexibility index (Phi) is 7.34. The summed E-state index contributed by atoms with van der Waals surface area (Å²) in [5, 5.41) is 19.0. The highest BCUT2D eigenvalue weighted by molar-refractivity contribution is 5.88. The first kappa shape index (κ1) is 18.4. The van der Waals surface area contributed by atoms with Crippen molar-refractivity contribution in [1.29, 1.82) is 0 Å². The molecule has 0 aliphatic rings. The Morgan fingerprint density at radius 1 is 1.45 bits per heavy atom. The summed E-state index contributed by atoms with van der Waals surface area (Å²) in [7, 11) is 4.02. The highest BCUT2D eigenvalue weighted by Crippen LogP contribution is 2.20. The van der Waals surface area contributed by atoms with Crippen molar-refractivity contribution in [2.45, 2.75) is 33.2 Å². The van der Waals surface area contributed by atoms with E-state index in [0.717, 1.165) is 25.9 Å². The van der Waals surface area contributed by atoms with Gasteiger partial charge in [-0.2, -0.15) is 5.10 Å². The number of aliphatic hydroxyl groups is 1. The summed E-state index contributed by atoms with van der Waals surface area (Å²) in [6.07, 6.45) is 3.55. The summed E-state index contributed by atoms with van der Waals surface area (Å²) >= 11 is 0. The van der Waals surface area contributed by atoms with Crippen molar-refractivity contribution < 1.29 is 9.90 Å². The quantitative estimate of drug-likeness (QED) is 0.602. The van der Waals surface area contributed by atoms with Gasteiger partial charge in [0, 0.05) is 32.0 Å². The highest BCUT2D eigenvalue weighted by atomic mass is 16.3. The molecule has 1 heterocycles. The summed E-state index contributed by atoms with van der Waals surface area (Å²) in [5.41, 5.74) is -0.0939. The summed E-state index contributed by atoms with van der Waals surface area (Å²) in [6, 6.07) is 1.53. The van der Waals surface area contributed by atoms with Gasteiger partial charge in [0.15, 0.2) is 5.82 Å². The minimum atomic E-state index is -0.250. The minimum absolute atomic E-state index is 0.0939. The van der Waals surface area contributed by atoms with E-state index in [4.69, 9.17) is 5.11 Å². The van der Waals surface area contributed by atoms with Gasteiger partial charge in [0.2, 0.25) is 0 Å². The van der Waals surface area contributed by atoms with Crippen LogP contribution < -0.4 is 10.6 Å². The van der Waals surface area contributed by atoms with Gasteiger partial charge in [-0.05, 0) is 32.4 Å². The number of carbonyl (C=O) groups is 1. The van der Waals surface area contributed by atoms with E-state index in [1.807, 2.05) is 34.1 Å². The van der Waals surface area contributed by atoms with Gasteiger partial charge in [0.1, 0.15) is 0 Å². The smallest absolute Gasteiger partial charge is 0.320 e. The Morgan fingerprint density at radius 3 is 2.82 bits per heavy atom. The molecule has 1 rings (SSSR count).